The predicted molar refractivity (Wildman–Crippen MR) is 87.4 cm³/mol. The minimum absolute atomic E-state index is 0.319. The van der Waals surface area contributed by atoms with Crippen LogP contribution in [0.25, 0.3) is 0 Å². The molecular formula is C16H19FN6O2. The number of ether oxygens (including phenoxy) is 1. The summed E-state index contributed by atoms with van der Waals surface area (Å²) < 4.78 is 21.0. The molecule has 2 aliphatic heterocycles. The molecular weight excluding hydrogens is 327 g/mol. The zero-order valence-corrected chi connectivity index (χ0v) is 13.6. The lowest BCUT2D eigenvalue weighted by Crippen LogP contribution is -2.57. The van der Waals surface area contributed by atoms with Gasteiger partial charge >= 0.3 is 6.09 Å². The number of anilines is 1. The maximum absolute atomic E-state index is 13.7. The molecule has 2 aromatic rings. The van der Waals surface area contributed by atoms with E-state index in [1.165, 1.54) is 17.0 Å². The van der Waals surface area contributed by atoms with Gasteiger partial charge in [0.25, 0.3) is 0 Å². The first kappa shape index (κ1) is 16.0. The molecule has 2 atom stereocenters. The van der Waals surface area contributed by atoms with Crippen LogP contribution in [0.3, 0.4) is 0 Å². The lowest BCUT2D eigenvalue weighted by Gasteiger charge is -2.37. The van der Waals surface area contributed by atoms with Crippen LogP contribution in [0.1, 0.15) is 0 Å². The molecule has 4 rings (SSSR count). The van der Waals surface area contributed by atoms with E-state index in [9.17, 15) is 9.18 Å². The van der Waals surface area contributed by atoms with Crippen molar-refractivity contribution in [2.45, 2.75) is 18.8 Å². The molecule has 3 heterocycles. The normalized spacial score (nSPS) is 24.5. The van der Waals surface area contributed by atoms with E-state index >= 15 is 0 Å². The summed E-state index contributed by atoms with van der Waals surface area (Å²) in [5.41, 5.74) is 0.495. The molecule has 0 saturated carbocycles. The van der Waals surface area contributed by atoms with Gasteiger partial charge < -0.3 is 10.1 Å². The molecule has 1 N–H and O–H groups in total. The number of nitrogens with zero attached hydrogens (tertiary/aromatic N) is 5. The topological polar surface area (TPSA) is 75.5 Å². The van der Waals surface area contributed by atoms with Gasteiger partial charge in [0.15, 0.2) is 6.10 Å². The Morgan fingerprint density at radius 1 is 1.32 bits per heavy atom. The number of carbonyl (C=O) groups excluding carboxylic acids is 1. The van der Waals surface area contributed by atoms with Crippen molar-refractivity contribution in [3.8, 4) is 0 Å². The van der Waals surface area contributed by atoms with Gasteiger partial charge in [-0.25, -0.2) is 13.9 Å². The summed E-state index contributed by atoms with van der Waals surface area (Å²) >= 11 is 0. The molecule has 132 valence electrons. The third-order valence-electron chi connectivity index (χ3n) is 4.50. The zero-order valence-electron chi connectivity index (χ0n) is 13.6. The van der Waals surface area contributed by atoms with Crippen molar-refractivity contribution in [3.05, 3.63) is 42.5 Å². The second-order valence-corrected chi connectivity index (χ2v) is 6.10. The third-order valence-corrected chi connectivity index (χ3v) is 4.50. The van der Waals surface area contributed by atoms with Crippen molar-refractivity contribution < 1.29 is 13.9 Å². The van der Waals surface area contributed by atoms with Crippen LogP contribution >= 0.6 is 0 Å². The number of hydrogen-bond donors (Lipinski definition) is 1. The molecule has 2 saturated heterocycles. The largest absolute Gasteiger partial charge is 0.440 e. The van der Waals surface area contributed by atoms with Gasteiger partial charge in [0.05, 0.1) is 18.4 Å². The van der Waals surface area contributed by atoms with E-state index in [1.54, 1.807) is 29.2 Å². The van der Waals surface area contributed by atoms with E-state index in [1.807, 2.05) is 0 Å². The molecule has 2 unspecified atom stereocenters. The second kappa shape index (κ2) is 6.77. The van der Waals surface area contributed by atoms with Crippen LogP contribution in [0.4, 0.5) is 14.9 Å². The average molecular weight is 346 g/mol. The number of piperazine rings is 1. The first-order chi connectivity index (χ1) is 12.2. The van der Waals surface area contributed by atoms with Crippen molar-refractivity contribution in [3.63, 3.8) is 0 Å². The summed E-state index contributed by atoms with van der Waals surface area (Å²) in [4.78, 5) is 16.3. The maximum atomic E-state index is 13.7. The summed E-state index contributed by atoms with van der Waals surface area (Å²) in [5.74, 6) is -0.385. The number of carbonyl (C=O) groups is 1. The Bertz CT molecular complexity index is 734. The van der Waals surface area contributed by atoms with Crippen LogP contribution in [0.15, 0.2) is 36.7 Å². The molecule has 1 aromatic heterocycles. The van der Waals surface area contributed by atoms with Crippen LogP contribution in [0.5, 0.6) is 0 Å². The number of cyclic esters (lactones) is 1. The lowest BCUT2D eigenvalue weighted by molar-refractivity contribution is 0.0637. The Balaban J connectivity index is 1.66. The smallest absolute Gasteiger partial charge is 0.416 e. The summed E-state index contributed by atoms with van der Waals surface area (Å²) in [7, 11) is 0. The molecule has 0 aliphatic carbocycles. The number of halogens is 1. The molecule has 2 aliphatic rings. The van der Waals surface area contributed by atoms with E-state index in [-0.39, 0.29) is 12.0 Å². The fraction of sp³-hybridized carbons (Fsp3) is 0.438. The minimum atomic E-state index is -0.473. The first-order valence-corrected chi connectivity index (χ1v) is 8.27. The fourth-order valence-electron chi connectivity index (χ4n) is 3.40. The highest BCUT2D eigenvalue weighted by atomic mass is 19.1. The average Bonchev–Trinajstić information content (AvgIpc) is 3.23. The van der Waals surface area contributed by atoms with E-state index in [2.05, 4.69) is 20.5 Å². The summed E-state index contributed by atoms with van der Waals surface area (Å²) in [5, 5.41) is 11.1. The molecule has 0 bridgehead atoms. The zero-order chi connectivity index (χ0) is 17.2. The molecule has 9 heteroatoms. The highest BCUT2D eigenvalue weighted by molar-refractivity contribution is 5.90. The molecule has 0 spiro atoms. The van der Waals surface area contributed by atoms with Gasteiger partial charge in [0.1, 0.15) is 12.0 Å². The number of aromatic nitrogens is 3. The Hall–Kier alpha value is -2.52. The molecule has 1 aromatic carbocycles. The molecule has 0 radical (unpaired) electrons. The van der Waals surface area contributed by atoms with E-state index in [0.717, 1.165) is 26.2 Å². The first-order valence-electron chi connectivity index (χ1n) is 8.27. The van der Waals surface area contributed by atoms with Gasteiger partial charge in [-0.1, -0.05) is 11.3 Å². The number of rotatable bonds is 4. The van der Waals surface area contributed by atoms with Gasteiger partial charge in [-0.05, 0) is 18.2 Å². The summed E-state index contributed by atoms with van der Waals surface area (Å²) in [6.07, 6.45) is 2.10. The van der Waals surface area contributed by atoms with Crippen molar-refractivity contribution in [1.29, 1.82) is 0 Å². The highest BCUT2D eigenvalue weighted by Crippen LogP contribution is 2.30. The van der Waals surface area contributed by atoms with Gasteiger partial charge in [-0.15, -0.1) is 5.10 Å². The number of benzene rings is 1. The maximum Gasteiger partial charge on any atom is 0.416 e. The van der Waals surface area contributed by atoms with Gasteiger partial charge in [-0.3, -0.25) is 9.80 Å². The number of nitrogens with one attached hydrogen (secondary N) is 1. The van der Waals surface area contributed by atoms with Gasteiger partial charge in [0.2, 0.25) is 0 Å². The number of hydrogen-bond acceptors (Lipinski definition) is 6. The van der Waals surface area contributed by atoms with Crippen LogP contribution in [-0.2, 0) is 11.3 Å². The highest BCUT2D eigenvalue weighted by Gasteiger charge is 2.46. The Morgan fingerprint density at radius 2 is 2.16 bits per heavy atom. The van der Waals surface area contributed by atoms with Crippen molar-refractivity contribution >= 4 is 11.8 Å². The standard InChI is InChI=1S/C16H19FN6O2/c17-12-2-1-3-13(10-12)23-15(21-7-4-18-5-8-21)14(25-16(23)24)11-22-9-6-19-20-22/h1-3,6,9-10,14-15,18H,4-5,7-8,11H2. The van der Waals surface area contributed by atoms with Crippen LogP contribution in [-0.4, -0.2) is 64.4 Å². The van der Waals surface area contributed by atoms with E-state index < -0.39 is 12.2 Å². The van der Waals surface area contributed by atoms with E-state index in [0.29, 0.717) is 12.2 Å². The third kappa shape index (κ3) is 3.20. The van der Waals surface area contributed by atoms with Crippen LogP contribution < -0.4 is 10.2 Å². The quantitative estimate of drug-likeness (QED) is 0.877. The van der Waals surface area contributed by atoms with Crippen molar-refractivity contribution in [1.82, 2.24) is 25.2 Å². The minimum Gasteiger partial charge on any atom is -0.440 e. The Labute approximate surface area is 144 Å². The summed E-state index contributed by atoms with van der Waals surface area (Å²) in [6.45, 7) is 3.61. The van der Waals surface area contributed by atoms with Gasteiger partial charge in [0, 0.05) is 32.4 Å². The summed E-state index contributed by atoms with van der Waals surface area (Å²) in [6, 6.07) is 6.03. The van der Waals surface area contributed by atoms with Crippen LogP contribution in [0, 0.1) is 5.82 Å². The monoisotopic (exact) mass is 346 g/mol. The van der Waals surface area contributed by atoms with Crippen molar-refractivity contribution in [2.24, 2.45) is 0 Å². The molecule has 2 fully saturated rings. The lowest BCUT2D eigenvalue weighted by atomic mass is 10.1. The molecule has 25 heavy (non-hydrogen) atoms. The Kier molecular flexibility index (Phi) is 4.33. The second-order valence-electron chi connectivity index (χ2n) is 6.10. The van der Waals surface area contributed by atoms with Gasteiger partial charge in [-0.2, -0.15) is 0 Å². The predicted octanol–water partition coefficient (Wildman–Crippen LogP) is 0.674. The van der Waals surface area contributed by atoms with Crippen LogP contribution in [0.2, 0.25) is 0 Å². The number of amides is 1. The Morgan fingerprint density at radius 3 is 2.88 bits per heavy atom. The molecule has 8 nitrogen and oxygen atoms in total. The molecule has 1 amide bonds. The van der Waals surface area contributed by atoms with Crippen molar-refractivity contribution in [2.75, 3.05) is 31.1 Å². The fourth-order valence-corrected chi connectivity index (χ4v) is 3.40. The SMILES string of the molecule is O=C1OC(Cn2ccnn2)C(N2CCNCC2)N1c1cccc(F)c1. The van der Waals surface area contributed by atoms with E-state index in [4.69, 9.17) is 4.74 Å².